The van der Waals surface area contributed by atoms with Gasteiger partial charge in [0, 0.05) is 11.0 Å². The Labute approximate surface area is 129 Å². The van der Waals surface area contributed by atoms with Gasteiger partial charge in [-0.3, -0.25) is 4.79 Å². The van der Waals surface area contributed by atoms with Gasteiger partial charge in [-0.15, -0.1) is 0 Å². The fourth-order valence-electron chi connectivity index (χ4n) is 2.83. The first kappa shape index (κ1) is 15.5. The number of carbonyl (C=O) groups is 1. The molecule has 2 N–H and O–H groups in total. The molecule has 1 fully saturated rings. The summed E-state index contributed by atoms with van der Waals surface area (Å²) in [6.07, 6.45) is 2.73. The maximum absolute atomic E-state index is 12.6. The number of rotatable bonds is 5. The van der Waals surface area contributed by atoms with Crippen LogP contribution in [-0.2, 0) is 4.79 Å². The molecule has 1 aliphatic heterocycles. The summed E-state index contributed by atoms with van der Waals surface area (Å²) in [4.78, 5) is 12.6. The molecule has 1 heterocycles. The average molecular weight is 339 g/mol. The molecule has 0 saturated carbocycles. The Kier molecular flexibility index (Phi) is 5.22. The first-order valence-corrected chi connectivity index (χ1v) is 8.18. The fourth-order valence-corrected chi connectivity index (χ4v) is 3.09. The molecular formula is C16H23BrN2O. The van der Waals surface area contributed by atoms with Crippen molar-refractivity contribution in [2.75, 3.05) is 13.1 Å². The number of carbonyl (C=O) groups excluding carboxylic acids is 1. The standard InChI is InChI=1S/C16H23BrN2O/c1-3-14(12-5-7-13(17)8-6-12)19-15(20)16(4-2)9-10-18-11-16/h5-8,14,18H,3-4,9-11H2,1-2H3,(H,19,20). The number of hydrogen-bond donors (Lipinski definition) is 2. The van der Waals surface area contributed by atoms with Crippen molar-refractivity contribution in [1.29, 1.82) is 0 Å². The second-order valence-electron chi connectivity index (χ2n) is 5.55. The molecule has 1 aliphatic rings. The zero-order chi connectivity index (χ0) is 14.6. The molecule has 0 radical (unpaired) electrons. The lowest BCUT2D eigenvalue weighted by Crippen LogP contribution is -2.43. The van der Waals surface area contributed by atoms with Gasteiger partial charge in [0.15, 0.2) is 0 Å². The fraction of sp³-hybridized carbons (Fsp3) is 0.562. The summed E-state index contributed by atoms with van der Waals surface area (Å²) < 4.78 is 1.06. The predicted molar refractivity (Wildman–Crippen MR) is 85.5 cm³/mol. The summed E-state index contributed by atoms with van der Waals surface area (Å²) in [5.41, 5.74) is 0.948. The van der Waals surface area contributed by atoms with Gasteiger partial charge < -0.3 is 10.6 Å². The second kappa shape index (κ2) is 6.72. The van der Waals surface area contributed by atoms with Gasteiger partial charge in [0.05, 0.1) is 11.5 Å². The van der Waals surface area contributed by atoms with Gasteiger partial charge >= 0.3 is 0 Å². The maximum atomic E-state index is 12.6. The van der Waals surface area contributed by atoms with E-state index in [4.69, 9.17) is 0 Å². The topological polar surface area (TPSA) is 41.1 Å². The van der Waals surface area contributed by atoms with Gasteiger partial charge in [0.2, 0.25) is 5.91 Å². The zero-order valence-electron chi connectivity index (χ0n) is 12.2. The molecule has 1 aromatic rings. The number of nitrogens with one attached hydrogen (secondary N) is 2. The van der Waals surface area contributed by atoms with Crippen LogP contribution in [0.15, 0.2) is 28.7 Å². The minimum atomic E-state index is -0.219. The minimum absolute atomic E-state index is 0.0969. The zero-order valence-corrected chi connectivity index (χ0v) is 13.8. The highest BCUT2D eigenvalue weighted by Crippen LogP contribution is 2.31. The molecular weight excluding hydrogens is 316 g/mol. The van der Waals surface area contributed by atoms with Gasteiger partial charge in [-0.1, -0.05) is 41.9 Å². The molecule has 3 nitrogen and oxygen atoms in total. The summed E-state index contributed by atoms with van der Waals surface area (Å²) in [6.45, 7) is 5.95. The Bertz CT molecular complexity index is 452. The molecule has 2 unspecified atom stereocenters. The number of amides is 1. The van der Waals surface area contributed by atoms with Crippen molar-refractivity contribution in [3.8, 4) is 0 Å². The van der Waals surface area contributed by atoms with E-state index in [9.17, 15) is 4.79 Å². The minimum Gasteiger partial charge on any atom is -0.349 e. The lowest BCUT2D eigenvalue weighted by atomic mass is 9.83. The summed E-state index contributed by atoms with van der Waals surface area (Å²) in [5, 5.41) is 6.56. The molecule has 0 spiro atoms. The van der Waals surface area contributed by atoms with Crippen LogP contribution < -0.4 is 10.6 Å². The Balaban J connectivity index is 2.09. The van der Waals surface area contributed by atoms with E-state index in [-0.39, 0.29) is 17.4 Å². The van der Waals surface area contributed by atoms with E-state index in [1.807, 2.05) is 12.1 Å². The maximum Gasteiger partial charge on any atom is 0.228 e. The third kappa shape index (κ3) is 3.23. The molecule has 110 valence electrons. The highest BCUT2D eigenvalue weighted by Gasteiger charge is 2.40. The largest absolute Gasteiger partial charge is 0.349 e. The lowest BCUT2D eigenvalue weighted by molar-refractivity contribution is -0.131. The van der Waals surface area contributed by atoms with Crippen LogP contribution in [0, 0.1) is 5.41 Å². The van der Waals surface area contributed by atoms with Crippen LogP contribution in [0.4, 0.5) is 0 Å². The van der Waals surface area contributed by atoms with Gasteiger partial charge in [-0.2, -0.15) is 0 Å². The molecule has 2 atom stereocenters. The molecule has 20 heavy (non-hydrogen) atoms. The van der Waals surface area contributed by atoms with Crippen LogP contribution >= 0.6 is 15.9 Å². The van der Waals surface area contributed by atoms with Gasteiger partial charge in [0.25, 0.3) is 0 Å². The van der Waals surface area contributed by atoms with Crippen LogP contribution in [0.25, 0.3) is 0 Å². The monoisotopic (exact) mass is 338 g/mol. The summed E-state index contributed by atoms with van der Waals surface area (Å²) in [7, 11) is 0. The Morgan fingerprint density at radius 1 is 1.40 bits per heavy atom. The molecule has 1 aromatic carbocycles. The van der Waals surface area contributed by atoms with Crippen molar-refractivity contribution in [3.05, 3.63) is 34.3 Å². The number of halogens is 1. The van der Waals surface area contributed by atoms with E-state index < -0.39 is 0 Å². The Morgan fingerprint density at radius 2 is 2.10 bits per heavy atom. The van der Waals surface area contributed by atoms with E-state index in [1.54, 1.807) is 0 Å². The lowest BCUT2D eigenvalue weighted by Gasteiger charge is -2.28. The third-order valence-electron chi connectivity index (χ3n) is 4.39. The van der Waals surface area contributed by atoms with E-state index in [0.29, 0.717) is 0 Å². The van der Waals surface area contributed by atoms with Crippen molar-refractivity contribution in [1.82, 2.24) is 10.6 Å². The first-order valence-electron chi connectivity index (χ1n) is 7.38. The van der Waals surface area contributed by atoms with Crippen molar-refractivity contribution in [3.63, 3.8) is 0 Å². The average Bonchev–Trinajstić information content (AvgIpc) is 2.96. The second-order valence-corrected chi connectivity index (χ2v) is 6.46. The van der Waals surface area contributed by atoms with Gasteiger partial charge in [0.1, 0.15) is 0 Å². The predicted octanol–water partition coefficient (Wildman–Crippen LogP) is 3.41. The van der Waals surface area contributed by atoms with Crippen molar-refractivity contribution >= 4 is 21.8 Å². The Morgan fingerprint density at radius 3 is 2.60 bits per heavy atom. The van der Waals surface area contributed by atoms with Gasteiger partial charge in [-0.25, -0.2) is 0 Å². The third-order valence-corrected chi connectivity index (χ3v) is 4.92. The van der Waals surface area contributed by atoms with Crippen LogP contribution in [0.1, 0.15) is 44.7 Å². The molecule has 4 heteroatoms. The van der Waals surface area contributed by atoms with Crippen molar-refractivity contribution in [2.45, 2.75) is 39.2 Å². The molecule has 2 rings (SSSR count). The van der Waals surface area contributed by atoms with Crippen LogP contribution in [-0.4, -0.2) is 19.0 Å². The smallest absolute Gasteiger partial charge is 0.228 e. The summed E-state index contributed by atoms with van der Waals surface area (Å²) in [6, 6.07) is 8.29. The van der Waals surface area contributed by atoms with Crippen LogP contribution in [0.3, 0.4) is 0 Å². The van der Waals surface area contributed by atoms with Crippen molar-refractivity contribution < 1.29 is 4.79 Å². The first-order chi connectivity index (χ1) is 9.61. The summed E-state index contributed by atoms with van der Waals surface area (Å²) in [5.74, 6) is 0.194. The highest BCUT2D eigenvalue weighted by molar-refractivity contribution is 9.10. The number of benzene rings is 1. The highest BCUT2D eigenvalue weighted by atomic mass is 79.9. The van der Waals surface area contributed by atoms with Crippen molar-refractivity contribution in [2.24, 2.45) is 5.41 Å². The molecule has 0 aliphatic carbocycles. The van der Waals surface area contributed by atoms with E-state index >= 15 is 0 Å². The van der Waals surface area contributed by atoms with Crippen LogP contribution in [0.2, 0.25) is 0 Å². The SMILES string of the molecule is CCC(NC(=O)C1(CC)CCNC1)c1ccc(Br)cc1. The number of hydrogen-bond acceptors (Lipinski definition) is 2. The van der Waals surface area contributed by atoms with Gasteiger partial charge in [-0.05, 0) is 43.5 Å². The van der Waals surface area contributed by atoms with E-state index in [0.717, 1.165) is 36.8 Å². The van der Waals surface area contributed by atoms with Crippen LogP contribution in [0.5, 0.6) is 0 Å². The quantitative estimate of drug-likeness (QED) is 0.863. The summed E-state index contributed by atoms with van der Waals surface area (Å²) >= 11 is 3.45. The molecule has 0 aromatic heterocycles. The Hall–Kier alpha value is -0.870. The molecule has 1 amide bonds. The van der Waals surface area contributed by atoms with E-state index in [1.165, 1.54) is 5.56 Å². The molecule has 0 bridgehead atoms. The normalized spacial score (nSPS) is 23.6. The molecule has 1 saturated heterocycles. The van der Waals surface area contributed by atoms with E-state index in [2.05, 4.69) is 52.5 Å².